The van der Waals surface area contributed by atoms with Crippen molar-refractivity contribution in [2.45, 2.75) is 38.1 Å². The lowest BCUT2D eigenvalue weighted by atomic mass is 9.88. The fourth-order valence-electron chi connectivity index (χ4n) is 2.04. The van der Waals surface area contributed by atoms with Crippen LogP contribution < -0.4 is 4.74 Å². The van der Waals surface area contributed by atoms with Gasteiger partial charge in [-0.25, -0.2) is 4.39 Å². The molecule has 0 heterocycles. The van der Waals surface area contributed by atoms with Gasteiger partial charge in [-0.15, -0.1) is 0 Å². The van der Waals surface area contributed by atoms with E-state index in [0.717, 1.165) is 24.6 Å². The van der Waals surface area contributed by atoms with Crippen LogP contribution in [0.1, 0.15) is 19.8 Å². The number of halogens is 1. The molecule has 20 heavy (non-hydrogen) atoms. The Morgan fingerprint density at radius 1 is 1.55 bits per heavy atom. The summed E-state index contributed by atoms with van der Waals surface area (Å²) in [6.07, 6.45) is -0.591. The second-order valence-electron chi connectivity index (χ2n) is 4.66. The van der Waals surface area contributed by atoms with Gasteiger partial charge < -0.3 is 14.6 Å². The number of ether oxygens (including phenoxy) is 2. The summed E-state index contributed by atoms with van der Waals surface area (Å²) in [5.74, 6) is -0.756. The molecular weight excluding hydrogens is 269 g/mol. The van der Waals surface area contributed by atoms with E-state index < -0.39 is 29.1 Å². The minimum Gasteiger partial charge on any atom is -0.480 e. The maximum atomic E-state index is 13.2. The summed E-state index contributed by atoms with van der Waals surface area (Å²) in [4.78, 5) is 10.2. The highest BCUT2D eigenvalue weighted by molar-refractivity contribution is 5.46. The molecule has 0 bridgehead atoms. The number of aliphatic hydroxyl groups is 1. The fourth-order valence-corrected chi connectivity index (χ4v) is 2.04. The van der Waals surface area contributed by atoms with Gasteiger partial charge in [-0.2, -0.15) is 0 Å². The standard InChI is InChI=1S/C13H16FNO5/c1-2-5-19-13-10(16)7-12(13)20-11-6-8(14)3-4-9(11)15(17)18/h3-4,6,10,12-13,16H,2,5,7H2,1H3. The SMILES string of the molecule is CCCOC1C(O)CC1Oc1cc(F)ccc1[N+](=O)[O-]. The summed E-state index contributed by atoms with van der Waals surface area (Å²) in [6.45, 7) is 2.39. The molecule has 0 amide bonds. The molecule has 1 fully saturated rings. The molecule has 1 aromatic carbocycles. The zero-order valence-corrected chi connectivity index (χ0v) is 11.0. The van der Waals surface area contributed by atoms with Crippen molar-refractivity contribution < 1.29 is 23.9 Å². The van der Waals surface area contributed by atoms with Crippen molar-refractivity contribution in [3.05, 3.63) is 34.1 Å². The van der Waals surface area contributed by atoms with Crippen LogP contribution in [0.25, 0.3) is 0 Å². The lowest BCUT2D eigenvalue weighted by Gasteiger charge is -2.40. The van der Waals surface area contributed by atoms with Crippen LogP contribution in [0, 0.1) is 15.9 Å². The zero-order valence-electron chi connectivity index (χ0n) is 11.0. The number of hydrogen-bond donors (Lipinski definition) is 1. The lowest BCUT2D eigenvalue weighted by molar-refractivity contribution is -0.386. The average molecular weight is 285 g/mol. The molecule has 3 unspecified atom stereocenters. The molecule has 1 saturated carbocycles. The van der Waals surface area contributed by atoms with E-state index in [1.165, 1.54) is 0 Å². The molecule has 0 spiro atoms. The molecule has 1 N–H and O–H groups in total. The van der Waals surface area contributed by atoms with Gasteiger partial charge >= 0.3 is 5.69 Å². The van der Waals surface area contributed by atoms with Crippen molar-refractivity contribution in [3.63, 3.8) is 0 Å². The first-order valence-corrected chi connectivity index (χ1v) is 6.43. The summed E-state index contributed by atoms with van der Waals surface area (Å²) in [5.41, 5.74) is -0.304. The first kappa shape index (κ1) is 14.7. The van der Waals surface area contributed by atoms with Crippen LogP contribution in [0.3, 0.4) is 0 Å². The molecular formula is C13H16FNO5. The molecule has 1 aliphatic rings. The van der Waals surface area contributed by atoms with Crippen molar-refractivity contribution in [3.8, 4) is 5.75 Å². The van der Waals surface area contributed by atoms with Crippen molar-refractivity contribution in [1.82, 2.24) is 0 Å². The first-order valence-electron chi connectivity index (χ1n) is 6.43. The first-order chi connectivity index (χ1) is 9.52. The number of benzene rings is 1. The van der Waals surface area contributed by atoms with E-state index in [1.807, 2.05) is 6.92 Å². The number of nitro benzene ring substituents is 1. The monoisotopic (exact) mass is 285 g/mol. The highest BCUT2D eigenvalue weighted by Gasteiger charge is 2.43. The Kier molecular flexibility index (Phi) is 4.51. The third-order valence-corrected chi connectivity index (χ3v) is 3.13. The normalized spacial score (nSPS) is 25.1. The van der Waals surface area contributed by atoms with Crippen LogP contribution in [-0.2, 0) is 4.74 Å². The van der Waals surface area contributed by atoms with Crippen molar-refractivity contribution in [1.29, 1.82) is 0 Å². The predicted molar refractivity (Wildman–Crippen MR) is 68.1 cm³/mol. The van der Waals surface area contributed by atoms with Gasteiger partial charge in [0.2, 0.25) is 0 Å². The van der Waals surface area contributed by atoms with Gasteiger partial charge in [-0.3, -0.25) is 10.1 Å². The Labute approximate surface area is 115 Å². The van der Waals surface area contributed by atoms with E-state index in [9.17, 15) is 19.6 Å². The van der Waals surface area contributed by atoms with E-state index in [2.05, 4.69) is 0 Å². The minimum absolute atomic E-state index is 0.142. The molecule has 0 aromatic heterocycles. The largest absolute Gasteiger partial charge is 0.480 e. The molecule has 2 rings (SSSR count). The Hall–Kier alpha value is -1.73. The molecule has 0 saturated heterocycles. The maximum Gasteiger partial charge on any atom is 0.311 e. The molecule has 7 heteroatoms. The number of rotatable bonds is 6. The van der Waals surface area contributed by atoms with Crippen LogP contribution in [0.4, 0.5) is 10.1 Å². The summed E-state index contributed by atoms with van der Waals surface area (Å²) in [6, 6.07) is 3.03. The van der Waals surface area contributed by atoms with Crippen LogP contribution in [0.5, 0.6) is 5.75 Å². The van der Waals surface area contributed by atoms with Gasteiger partial charge in [0, 0.05) is 25.2 Å². The molecule has 1 aliphatic carbocycles. The summed E-state index contributed by atoms with van der Waals surface area (Å²) in [5, 5.41) is 20.5. The van der Waals surface area contributed by atoms with Crippen LogP contribution >= 0.6 is 0 Å². The fraction of sp³-hybridized carbons (Fsp3) is 0.538. The topological polar surface area (TPSA) is 81.8 Å². The van der Waals surface area contributed by atoms with Gasteiger partial charge in [0.05, 0.1) is 11.0 Å². The third kappa shape index (κ3) is 3.05. The maximum absolute atomic E-state index is 13.2. The smallest absolute Gasteiger partial charge is 0.311 e. The van der Waals surface area contributed by atoms with E-state index in [1.54, 1.807) is 0 Å². The quantitative estimate of drug-likeness (QED) is 0.639. The minimum atomic E-state index is -0.654. The van der Waals surface area contributed by atoms with Crippen molar-refractivity contribution in [2.24, 2.45) is 0 Å². The zero-order chi connectivity index (χ0) is 14.7. The Bertz CT molecular complexity index is 496. The molecule has 1 aromatic rings. The predicted octanol–water partition coefficient (Wildman–Crippen LogP) is 2.04. The molecule has 6 nitrogen and oxygen atoms in total. The van der Waals surface area contributed by atoms with E-state index in [-0.39, 0.29) is 11.4 Å². The van der Waals surface area contributed by atoms with E-state index in [4.69, 9.17) is 9.47 Å². The number of nitrogens with zero attached hydrogens (tertiary/aromatic N) is 1. The van der Waals surface area contributed by atoms with Crippen molar-refractivity contribution in [2.75, 3.05) is 6.61 Å². The highest BCUT2D eigenvalue weighted by atomic mass is 19.1. The number of nitro groups is 1. The van der Waals surface area contributed by atoms with Crippen LogP contribution in [-0.4, -0.2) is 34.9 Å². The van der Waals surface area contributed by atoms with Gasteiger partial charge in [0.1, 0.15) is 18.0 Å². The van der Waals surface area contributed by atoms with Crippen LogP contribution in [0.2, 0.25) is 0 Å². The van der Waals surface area contributed by atoms with Gasteiger partial charge in [0.15, 0.2) is 5.75 Å². The molecule has 0 radical (unpaired) electrons. The summed E-state index contributed by atoms with van der Waals surface area (Å²) in [7, 11) is 0. The molecule has 3 atom stereocenters. The Balaban J connectivity index is 2.09. The Morgan fingerprint density at radius 3 is 2.90 bits per heavy atom. The van der Waals surface area contributed by atoms with E-state index >= 15 is 0 Å². The van der Waals surface area contributed by atoms with Crippen molar-refractivity contribution >= 4 is 5.69 Å². The average Bonchev–Trinajstić information content (AvgIpc) is 2.38. The van der Waals surface area contributed by atoms with Gasteiger partial charge in [-0.1, -0.05) is 6.92 Å². The number of hydrogen-bond acceptors (Lipinski definition) is 5. The summed E-state index contributed by atoms with van der Waals surface area (Å²) >= 11 is 0. The molecule has 0 aliphatic heterocycles. The highest BCUT2D eigenvalue weighted by Crippen LogP contribution is 2.34. The second kappa shape index (κ2) is 6.15. The number of aliphatic hydroxyl groups excluding tert-OH is 1. The third-order valence-electron chi connectivity index (χ3n) is 3.13. The summed E-state index contributed by atoms with van der Waals surface area (Å²) < 4.78 is 24.0. The van der Waals surface area contributed by atoms with E-state index in [0.29, 0.717) is 13.0 Å². The van der Waals surface area contributed by atoms with Gasteiger partial charge in [0.25, 0.3) is 0 Å². The Morgan fingerprint density at radius 2 is 2.30 bits per heavy atom. The van der Waals surface area contributed by atoms with Gasteiger partial charge in [-0.05, 0) is 12.5 Å². The second-order valence-corrected chi connectivity index (χ2v) is 4.66. The molecule has 110 valence electrons. The van der Waals surface area contributed by atoms with Crippen LogP contribution in [0.15, 0.2) is 18.2 Å². The lowest BCUT2D eigenvalue weighted by Crippen LogP contribution is -2.55.